The average molecular weight is 415 g/mol. The Labute approximate surface area is 164 Å². The fourth-order valence-corrected chi connectivity index (χ4v) is 2.58. The van der Waals surface area contributed by atoms with Gasteiger partial charge in [0, 0.05) is 5.69 Å². The molecular formula is C19H18ClF3N2O3. The van der Waals surface area contributed by atoms with Crippen LogP contribution in [0.3, 0.4) is 0 Å². The van der Waals surface area contributed by atoms with Gasteiger partial charge in [-0.05, 0) is 42.3 Å². The van der Waals surface area contributed by atoms with Crippen LogP contribution >= 0.6 is 11.6 Å². The maximum Gasteiger partial charge on any atom is 0.573 e. The molecule has 150 valence electrons. The van der Waals surface area contributed by atoms with E-state index in [1.54, 1.807) is 32.0 Å². The highest BCUT2D eigenvalue weighted by atomic mass is 35.5. The van der Waals surface area contributed by atoms with Crippen molar-refractivity contribution in [3.63, 3.8) is 0 Å². The van der Waals surface area contributed by atoms with Gasteiger partial charge in [0.15, 0.2) is 0 Å². The number of hydrogen-bond donors (Lipinski definition) is 2. The van der Waals surface area contributed by atoms with Crippen LogP contribution in [0.2, 0.25) is 5.02 Å². The number of carbonyl (C=O) groups excluding carboxylic acids is 2. The third-order valence-corrected chi connectivity index (χ3v) is 4.04. The number of halogens is 4. The molecule has 2 rings (SSSR count). The molecule has 0 aliphatic rings. The summed E-state index contributed by atoms with van der Waals surface area (Å²) in [4.78, 5) is 25.0. The summed E-state index contributed by atoms with van der Waals surface area (Å²) in [6, 6.07) is 10.2. The van der Waals surface area contributed by atoms with Crippen molar-refractivity contribution in [3.8, 4) is 5.75 Å². The van der Waals surface area contributed by atoms with E-state index in [2.05, 4.69) is 15.4 Å². The molecule has 0 saturated heterocycles. The molecule has 2 amide bonds. The van der Waals surface area contributed by atoms with Crippen LogP contribution in [0.5, 0.6) is 5.75 Å². The molecule has 0 bridgehead atoms. The van der Waals surface area contributed by atoms with Crippen LogP contribution in [0.4, 0.5) is 18.9 Å². The molecule has 0 heterocycles. The van der Waals surface area contributed by atoms with Gasteiger partial charge in [-0.3, -0.25) is 9.59 Å². The zero-order valence-corrected chi connectivity index (χ0v) is 15.8. The van der Waals surface area contributed by atoms with Crippen molar-refractivity contribution in [2.24, 2.45) is 5.92 Å². The Kier molecular flexibility index (Phi) is 6.90. The Morgan fingerprint density at radius 3 is 2.18 bits per heavy atom. The first kappa shape index (κ1) is 21.6. The second-order valence-corrected chi connectivity index (χ2v) is 6.64. The number of rotatable bonds is 6. The van der Waals surface area contributed by atoms with Gasteiger partial charge in [0.2, 0.25) is 5.91 Å². The maximum absolute atomic E-state index is 12.5. The van der Waals surface area contributed by atoms with E-state index in [4.69, 9.17) is 11.6 Å². The van der Waals surface area contributed by atoms with Gasteiger partial charge in [-0.1, -0.05) is 37.6 Å². The van der Waals surface area contributed by atoms with Crippen molar-refractivity contribution < 1.29 is 27.5 Å². The van der Waals surface area contributed by atoms with Gasteiger partial charge in [-0.15, -0.1) is 13.2 Å². The topological polar surface area (TPSA) is 67.4 Å². The lowest BCUT2D eigenvalue weighted by atomic mass is 10.0. The van der Waals surface area contributed by atoms with Crippen LogP contribution in [0.25, 0.3) is 0 Å². The molecule has 5 nitrogen and oxygen atoms in total. The molecule has 9 heteroatoms. The molecule has 0 aromatic heterocycles. The Morgan fingerprint density at radius 2 is 1.64 bits per heavy atom. The molecule has 2 aromatic rings. The Morgan fingerprint density at radius 1 is 1.04 bits per heavy atom. The number of carbonyl (C=O) groups is 2. The van der Waals surface area contributed by atoms with Gasteiger partial charge < -0.3 is 15.4 Å². The van der Waals surface area contributed by atoms with Gasteiger partial charge in [0.05, 0.1) is 10.6 Å². The summed E-state index contributed by atoms with van der Waals surface area (Å²) in [6.45, 7) is 3.49. The third-order valence-electron chi connectivity index (χ3n) is 3.71. The minimum Gasteiger partial charge on any atom is -0.406 e. The summed E-state index contributed by atoms with van der Waals surface area (Å²) in [5.41, 5.74) is 0.494. The third kappa shape index (κ3) is 6.16. The van der Waals surface area contributed by atoms with Gasteiger partial charge in [-0.2, -0.15) is 0 Å². The second kappa shape index (κ2) is 8.97. The monoisotopic (exact) mass is 414 g/mol. The first-order chi connectivity index (χ1) is 13.1. The minimum atomic E-state index is -4.80. The lowest BCUT2D eigenvalue weighted by Crippen LogP contribution is -2.47. The van der Waals surface area contributed by atoms with Crippen LogP contribution in [0.15, 0.2) is 48.5 Å². The van der Waals surface area contributed by atoms with E-state index in [-0.39, 0.29) is 22.2 Å². The highest BCUT2D eigenvalue weighted by molar-refractivity contribution is 6.33. The molecule has 28 heavy (non-hydrogen) atoms. The zero-order valence-electron chi connectivity index (χ0n) is 15.0. The van der Waals surface area contributed by atoms with Crippen LogP contribution < -0.4 is 15.4 Å². The number of ether oxygens (including phenoxy) is 1. The van der Waals surface area contributed by atoms with E-state index >= 15 is 0 Å². The number of benzene rings is 2. The van der Waals surface area contributed by atoms with Crippen molar-refractivity contribution >= 4 is 29.1 Å². The van der Waals surface area contributed by atoms with Gasteiger partial charge in [0.25, 0.3) is 5.91 Å². The minimum absolute atomic E-state index is 0.233. The van der Waals surface area contributed by atoms with E-state index in [9.17, 15) is 22.8 Å². The summed E-state index contributed by atoms with van der Waals surface area (Å²) >= 11 is 6.00. The number of nitrogens with one attached hydrogen (secondary N) is 2. The van der Waals surface area contributed by atoms with Crippen LogP contribution in [0.1, 0.15) is 24.2 Å². The van der Waals surface area contributed by atoms with Gasteiger partial charge >= 0.3 is 6.36 Å². The summed E-state index contributed by atoms with van der Waals surface area (Å²) in [7, 11) is 0. The van der Waals surface area contributed by atoms with Gasteiger partial charge in [0.1, 0.15) is 11.8 Å². The summed E-state index contributed by atoms with van der Waals surface area (Å²) in [5.74, 6) is -1.68. The van der Waals surface area contributed by atoms with Crippen molar-refractivity contribution in [1.29, 1.82) is 0 Å². The van der Waals surface area contributed by atoms with Crippen molar-refractivity contribution in [2.75, 3.05) is 5.32 Å². The quantitative estimate of drug-likeness (QED) is 0.724. The molecule has 0 aliphatic carbocycles. The first-order valence-corrected chi connectivity index (χ1v) is 8.66. The smallest absolute Gasteiger partial charge is 0.406 e. The van der Waals surface area contributed by atoms with E-state index in [0.29, 0.717) is 0 Å². The number of alkyl halides is 3. The Bertz CT molecular complexity index is 839. The van der Waals surface area contributed by atoms with E-state index in [1.165, 1.54) is 18.2 Å². The van der Waals surface area contributed by atoms with Crippen molar-refractivity contribution in [3.05, 3.63) is 59.1 Å². The first-order valence-electron chi connectivity index (χ1n) is 8.29. The molecule has 0 fully saturated rings. The van der Waals surface area contributed by atoms with E-state index < -0.39 is 30.0 Å². The molecule has 0 unspecified atom stereocenters. The van der Waals surface area contributed by atoms with Crippen molar-refractivity contribution in [2.45, 2.75) is 26.3 Å². The summed E-state index contributed by atoms with van der Waals surface area (Å²) in [5, 5.41) is 5.44. The molecule has 2 aromatic carbocycles. The van der Waals surface area contributed by atoms with E-state index in [1.807, 2.05) is 0 Å². The molecule has 0 radical (unpaired) electrons. The fourth-order valence-electron chi connectivity index (χ4n) is 2.36. The number of hydrogen-bond acceptors (Lipinski definition) is 3. The Balaban J connectivity index is 2.07. The van der Waals surface area contributed by atoms with Crippen LogP contribution in [-0.4, -0.2) is 24.2 Å². The SMILES string of the molecule is CC(C)[C@H](NC(=O)c1ccccc1Cl)C(=O)Nc1ccc(OC(F)(F)F)cc1. The number of amides is 2. The standard InChI is InChI=1S/C19H18ClF3N2O3/c1-11(2)16(25-17(26)14-5-3-4-6-15(14)20)18(27)24-12-7-9-13(10-8-12)28-19(21,22)23/h3-11,16H,1-2H3,(H,24,27)(H,25,26)/t16-/m0/s1. The van der Waals surface area contributed by atoms with Gasteiger partial charge in [-0.25, -0.2) is 0 Å². The van der Waals surface area contributed by atoms with Crippen molar-refractivity contribution in [1.82, 2.24) is 5.32 Å². The Hall–Kier alpha value is -2.74. The zero-order chi connectivity index (χ0) is 20.9. The average Bonchev–Trinajstić information content (AvgIpc) is 2.60. The summed E-state index contributed by atoms with van der Waals surface area (Å²) in [6.07, 6.45) is -4.80. The molecule has 2 N–H and O–H groups in total. The lowest BCUT2D eigenvalue weighted by Gasteiger charge is -2.22. The normalized spacial score (nSPS) is 12.4. The molecular weight excluding hydrogens is 397 g/mol. The molecule has 1 atom stereocenters. The highest BCUT2D eigenvalue weighted by Crippen LogP contribution is 2.24. The number of anilines is 1. The molecule has 0 aliphatic heterocycles. The lowest BCUT2D eigenvalue weighted by molar-refractivity contribution is -0.274. The fraction of sp³-hybridized carbons (Fsp3) is 0.263. The van der Waals surface area contributed by atoms with E-state index in [0.717, 1.165) is 12.1 Å². The van der Waals surface area contributed by atoms with Crippen LogP contribution in [0, 0.1) is 5.92 Å². The largest absolute Gasteiger partial charge is 0.573 e. The highest BCUT2D eigenvalue weighted by Gasteiger charge is 2.31. The predicted molar refractivity (Wildman–Crippen MR) is 99.3 cm³/mol. The summed E-state index contributed by atoms with van der Waals surface area (Å²) < 4.78 is 40.4. The molecule has 0 saturated carbocycles. The maximum atomic E-state index is 12.5. The predicted octanol–water partition coefficient (Wildman–Crippen LogP) is 4.63. The second-order valence-electron chi connectivity index (χ2n) is 6.24. The molecule has 0 spiro atoms. The van der Waals surface area contributed by atoms with Crippen LogP contribution in [-0.2, 0) is 4.79 Å².